The number of nitrogens with one attached hydrogen (secondary N) is 1. The quantitative estimate of drug-likeness (QED) is 0.781. The third-order valence-electron chi connectivity index (χ3n) is 3.31. The van der Waals surface area contributed by atoms with Crippen LogP contribution in [0.3, 0.4) is 0 Å². The van der Waals surface area contributed by atoms with E-state index >= 15 is 0 Å². The Morgan fingerprint density at radius 2 is 2.04 bits per heavy atom. The molecule has 0 spiro atoms. The van der Waals surface area contributed by atoms with Gasteiger partial charge in [0.2, 0.25) is 0 Å². The summed E-state index contributed by atoms with van der Waals surface area (Å²) in [6.07, 6.45) is 0.864. The van der Waals surface area contributed by atoms with Gasteiger partial charge >= 0.3 is 5.97 Å². The van der Waals surface area contributed by atoms with Gasteiger partial charge in [-0.05, 0) is 43.2 Å². The average Bonchev–Trinajstić information content (AvgIpc) is 2.94. The van der Waals surface area contributed by atoms with Gasteiger partial charge in [0.05, 0.1) is 12.1 Å². The summed E-state index contributed by atoms with van der Waals surface area (Å²) in [6, 6.07) is 6.65. The molecule has 0 aliphatic carbocycles. The van der Waals surface area contributed by atoms with Crippen LogP contribution in [-0.4, -0.2) is 25.6 Å². The average molecular weight is 368 g/mol. The fourth-order valence-corrected chi connectivity index (χ4v) is 3.38. The van der Waals surface area contributed by atoms with Crippen molar-refractivity contribution >= 4 is 40.5 Å². The molecule has 24 heavy (non-hydrogen) atoms. The number of aryl methyl sites for hydroxylation is 2. The number of hydrogen-bond acceptors (Lipinski definition) is 5. The lowest BCUT2D eigenvalue weighted by Crippen LogP contribution is -2.20. The topological polar surface area (TPSA) is 64.6 Å². The largest absolute Gasteiger partial charge is 0.495 e. The van der Waals surface area contributed by atoms with Crippen LogP contribution in [0.4, 0.5) is 5.69 Å². The zero-order valence-electron chi connectivity index (χ0n) is 13.6. The Morgan fingerprint density at radius 3 is 2.62 bits per heavy atom. The van der Waals surface area contributed by atoms with Gasteiger partial charge in [-0.25, -0.2) is 4.79 Å². The van der Waals surface area contributed by atoms with E-state index in [9.17, 15) is 9.59 Å². The maximum atomic E-state index is 12.0. The Hall–Kier alpha value is -2.05. The molecule has 0 bridgehead atoms. The van der Waals surface area contributed by atoms with Gasteiger partial charge in [0, 0.05) is 10.6 Å². The molecule has 1 amide bonds. The molecule has 1 heterocycles. The van der Waals surface area contributed by atoms with Gasteiger partial charge in [-0.3, -0.25) is 4.79 Å². The van der Waals surface area contributed by atoms with E-state index in [1.54, 1.807) is 24.3 Å². The normalized spacial score (nSPS) is 10.3. The van der Waals surface area contributed by atoms with Crippen LogP contribution in [0.5, 0.6) is 5.75 Å². The molecule has 7 heteroatoms. The molecule has 0 unspecified atom stereocenters. The van der Waals surface area contributed by atoms with Crippen molar-refractivity contribution in [1.82, 2.24) is 0 Å². The molecule has 1 N–H and O–H groups in total. The van der Waals surface area contributed by atoms with Crippen molar-refractivity contribution in [3.63, 3.8) is 0 Å². The minimum absolute atomic E-state index is 0.360. The van der Waals surface area contributed by atoms with Crippen molar-refractivity contribution in [3.05, 3.63) is 44.6 Å². The highest BCUT2D eigenvalue weighted by molar-refractivity contribution is 7.14. The van der Waals surface area contributed by atoms with E-state index in [2.05, 4.69) is 5.32 Å². The summed E-state index contributed by atoms with van der Waals surface area (Å²) in [7, 11) is 1.51. The van der Waals surface area contributed by atoms with E-state index in [4.69, 9.17) is 21.1 Å². The standard InChI is InChI=1S/C17H18ClNO4S/c1-4-14-10(2)7-15(24-14)17(21)23-9-16(20)19-11-5-6-13(22-3)12(18)8-11/h5-8H,4,9H2,1-3H3,(H,19,20). The molecule has 128 valence electrons. The summed E-state index contributed by atoms with van der Waals surface area (Å²) in [4.78, 5) is 25.5. The molecular formula is C17H18ClNO4S. The van der Waals surface area contributed by atoms with E-state index in [-0.39, 0.29) is 6.61 Å². The van der Waals surface area contributed by atoms with Crippen molar-refractivity contribution < 1.29 is 19.1 Å². The Kier molecular flexibility index (Phi) is 6.23. The minimum atomic E-state index is -0.495. The third-order valence-corrected chi connectivity index (χ3v) is 4.97. The van der Waals surface area contributed by atoms with Gasteiger partial charge in [0.25, 0.3) is 5.91 Å². The minimum Gasteiger partial charge on any atom is -0.495 e. The molecule has 2 aromatic rings. The van der Waals surface area contributed by atoms with Gasteiger partial charge in [-0.1, -0.05) is 18.5 Å². The monoisotopic (exact) mass is 367 g/mol. The zero-order valence-corrected chi connectivity index (χ0v) is 15.2. The predicted molar refractivity (Wildman–Crippen MR) is 95.4 cm³/mol. The summed E-state index contributed by atoms with van der Waals surface area (Å²) >= 11 is 7.38. The molecule has 0 radical (unpaired) electrons. The first kappa shape index (κ1) is 18.3. The summed E-state index contributed by atoms with van der Waals surface area (Å²) < 4.78 is 10.1. The van der Waals surface area contributed by atoms with Crippen molar-refractivity contribution in [3.8, 4) is 5.75 Å². The molecule has 1 aromatic heterocycles. The van der Waals surface area contributed by atoms with Gasteiger partial charge in [0.15, 0.2) is 6.61 Å². The van der Waals surface area contributed by atoms with Crippen LogP contribution in [0.2, 0.25) is 5.02 Å². The molecular weight excluding hydrogens is 350 g/mol. The first-order chi connectivity index (χ1) is 11.4. The fraction of sp³-hybridized carbons (Fsp3) is 0.294. The highest BCUT2D eigenvalue weighted by Crippen LogP contribution is 2.27. The molecule has 0 aliphatic heterocycles. The van der Waals surface area contributed by atoms with Crippen LogP contribution >= 0.6 is 22.9 Å². The van der Waals surface area contributed by atoms with E-state index in [1.165, 1.54) is 18.4 Å². The Balaban J connectivity index is 1.90. The van der Waals surface area contributed by atoms with Crippen LogP contribution in [0.1, 0.15) is 27.0 Å². The number of ether oxygens (including phenoxy) is 2. The number of anilines is 1. The van der Waals surface area contributed by atoms with Crippen molar-refractivity contribution in [2.24, 2.45) is 0 Å². The Labute approximate surface area is 149 Å². The van der Waals surface area contributed by atoms with Gasteiger partial charge in [-0.2, -0.15) is 0 Å². The molecule has 1 aromatic carbocycles. The van der Waals surface area contributed by atoms with Crippen LogP contribution < -0.4 is 10.1 Å². The molecule has 0 fully saturated rings. The number of methoxy groups -OCH3 is 1. The number of rotatable bonds is 6. The van der Waals surface area contributed by atoms with E-state index in [1.807, 2.05) is 13.8 Å². The second kappa shape index (κ2) is 8.17. The van der Waals surface area contributed by atoms with Gasteiger partial charge in [-0.15, -0.1) is 11.3 Å². The molecule has 0 atom stereocenters. The van der Waals surface area contributed by atoms with Crippen LogP contribution in [0, 0.1) is 6.92 Å². The highest BCUT2D eigenvalue weighted by Gasteiger charge is 2.15. The second-order valence-electron chi connectivity index (χ2n) is 5.04. The highest BCUT2D eigenvalue weighted by atomic mass is 35.5. The lowest BCUT2D eigenvalue weighted by Gasteiger charge is -2.08. The number of carbonyl (C=O) groups is 2. The van der Waals surface area contributed by atoms with Crippen LogP contribution in [-0.2, 0) is 16.0 Å². The maximum absolute atomic E-state index is 12.0. The summed E-state index contributed by atoms with van der Waals surface area (Å²) in [5.41, 5.74) is 1.56. The van der Waals surface area contributed by atoms with Gasteiger partial charge < -0.3 is 14.8 Å². The fourth-order valence-electron chi connectivity index (χ4n) is 2.11. The van der Waals surface area contributed by atoms with E-state index in [0.717, 1.165) is 16.9 Å². The number of benzene rings is 1. The number of amides is 1. The molecule has 0 saturated carbocycles. The van der Waals surface area contributed by atoms with Crippen LogP contribution in [0.15, 0.2) is 24.3 Å². The number of thiophene rings is 1. The maximum Gasteiger partial charge on any atom is 0.348 e. The third kappa shape index (κ3) is 4.49. The lowest BCUT2D eigenvalue weighted by atomic mass is 10.2. The van der Waals surface area contributed by atoms with Crippen molar-refractivity contribution in [2.45, 2.75) is 20.3 Å². The number of carbonyl (C=O) groups excluding carboxylic acids is 2. The molecule has 0 aliphatic rings. The second-order valence-corrected chi connectivity index (χ2v) is 6.59. The zero-order chi connectivity index (χ0) is 17.7. The number of halogens is 1. The molecule has 5 nitrogen and oxygen atoms in total. The smallest absolute Gasteiger partial charge is 0.348 e. The Morgan fingerprint density at radius 1 is 1.29 bits per heavy atom. The Bertz CT molecular complexity index is 757. The summed E-state index contributed by atoms with van der Waals surface area (Å²) in [5, 5.41) is 3.00. The first-order valence-electron chi connectivity index (χ1n) is 7.34. The number of hydrogen-bond donors (Lipinski definition) is 1. The number of esters is 1. The van der Waals surface area contributed by atoms with Crippen molar-refractivity contribution in [2.75, 3.05) is 19.0 Å². The van der Waals surface area contributed by atoms with E-state index in [0.29, 0.717) is 21.3 Å². The molecule has 2 rings (SSSR count). The van der Waals surface area contributed by atoms with Crippen LogP contribution in [0.25, 0.3) is 0 Å². The van der Waals surface area contributed by atoms with Crippen molar-refractivity contribution in [1.29, 1.82) is 0 Å². The first-order valence-corrected chi connectivity index (χ1v) is 8.53. The summed E-state index contributed by atoms with van der Waals surface area (Å²) in [6.45, 7) is 3.62. The van der Waals surface area contributed by atoms with E-state index < -0.39 is 11.9 Å². The van der Waals surface area contributed by atoms with Gasteiger partial charge in [0.1, 0.15) is 10.6 Å². The lowest BCUT2D eigenvalue weighted by molar-refractivity contribution is -0.119. The summed E-state index contributed by atoms with van der Waals surface area (Å²) in [5.74, 6) is -0.417. The molecule has 0 saturated heterocycles. The SMILES string of the molecule is CCc1sc(C(=O)OCC(=O)Nc2ccc(OC)c(Cl)c2)cc1C. The predicted octanol–water partition coefficient (Wildman–Crippen LogP) is 4.08.